The van der Waals surface area contributed by atoms with Gasteiger partial charge >= 0.3 is 0 Å². The molecule has 0 spiro atoms. The van der Waals surface area contributed by atoms with Crippen molar-refractivity contribution in [3.63, 3.8) is 0 Å². The molecule has 0 fully saturated rings. The highest BCUT2D eigenvalue weighted by atomic mass is 19.1. The summed E-state index contributed by atoms with van der Waals surface area (Å²) in [5.74, 6) is -0.365. The van der Waals surface area contributed by atoms with Crippen LogP contribution >= 0.6 is 0 Å². The first kappa shape index (κ1) is 18.5. The van der Waals surface area contributed by atoms with E-state index in [1.165, 1.54) is 26.4 Å². The largest absolute Gasteiger partial charge is 0.496 e. The Labute approximate surface area is 155 Å². The minimum Gasteiger partial charge on any atom is -0.496 e. The molecular formula is C19H19FN4O3. The first-order valence-electron chi connectivity index (χ1n) is 8.42. The van der Waals surface area contributed by atoms with Crippen LogP contribution in [0.25, 0.3) is 5.65 Å². The molecule has 1 N–H and O–H groups in total. The summed E-state index contributed by atoms with van der Waals surface area (Å²) >= 11 is 0. The number of hydrogen-bond donors (Lipinski definition) is 1. The second kappa shape index (κ2) is 7.94. The molecule has 0 radical (unpaired) electrons. The number of aromatic nitrogens is 3. The lowest BCUT2D eigenvalue weighted by Crippen LogP contribution is -2.27. The molecule has 0 aliphatic heterocycles. The molecule has 1 aromatic carbocycles. The van der Waals surface area contributed by atoms with E-state index in [2.05, 4.69) is 15.5 Å². The fraction of sp³-hybridized carbons (Fsp3) is 0.263. The van der Waals surface area contributed by atoms with Crippen LogP contribution in [0.2, 0.25) is 0 Å². The predicted molar refractivity (Wildman–Crippen MR) is 96.4 cm³/mol. The van der Waals surface area contributed by atoms with Crippen molar-refractivity contribution in [2.75, 3.05) is 13.7 Å². The highest BCUT2D eigenvalue weighted by Gasteiger charge is 2.16. The standard InChI is InChI=1S/C19H19FN4O3/c1-12(25)21-10-17(26)15-9-7-13(24-11-22-23-19(15)24)6-8-14-16(20)4-3-5-18(14)27-2/h3-5,7,9,11H,6,8,10H2,1-2H3,(H,21,25). The predicted octanol–water partition coefficient (Wildman–Crippen LogP) is 1.98. The van der Waals surface area contributed by atoms with E-state index in [-0.39, 0.29) is 24.1 Å². The minimum absolute atomic E-state index is 0.108. The van der Waals surface area contributed by atoms with Crippen molar-refractivity contribution < 1.29 is 18.7 Å². The molecule has 0 aliphatic rings. The zero-order chi connectivity index (χ0) is 19.4. The van der Waals surface area contributed by atoms with Crippen LogP contribution in [0.15, 0.2) is 36.7 Å². The third-order valence-electron chi connectivity index (χ3n) is 4.27. The molecule has 0 saturated carbocycles. The molecule has 7 nitrogen and oxygen atoms in total. The number of carbonyl (C=O) groups excluding carboxylic acids is 2. The highest BCUT2D eigenvalue weighted by molar-refractivity contribution is 6.03. The molecular weight excluding hydrogens is 351 g/mol. The number of aryl methyl sites for hydroxylation is 1. The van der Waals surface area contributed by atoms with Crippen molar-refractivity contribution in [1.29, 1.82) is 0 Å². The van der Waals surface area contributed by atoms with Crippen LogP contribution in [0, 0.1) is 5.82 Å². The summed E-state index contributed by atoms with van der Waals surface area (Å²) in [6, 6.07) is 8.16. The van der Waals surface area contributed by atoms with Gasteiger partial charge in [0.2, 0.25) is 5.91 Å². The third kappa shape index (κ3) is 3.94. The normalized spacial score (nSPS) is 10.8. The van der Waals surface area contributed by atoms with Gasteiger partial charge in [-0.05, 0) is 37.1 Å². The van der Waals surface area contributed by atoms with E-state index in [1.807, 2.05) is 0 Å². The van der Waals surface area contributed by atoms with Crippen molar-refractivity contribution in [1.82, 2.24) is 19.9 Å². The Hall–Kier alpha value is -3.29. The van der Waals surface area contributed by atoms with E-state index in [0.717, 1.165) is 5.69 Å². The van der Waals surface area contributed by atoms with Crippen LogP contribution in [0.3, 0.4) is 0 Å². The number of nitrogens with zero attached hydrogens (tertiary/aromatic N) is 3. The van der Waals surface area contributed by atoms with Crippen LogP contribution in [-0.2, 0) is 17.6 Å². The maximum absolute atomic E-state index is 14.1. The van der Waals surface area contributed by atoms with Gasteiger partial charge in [0.05, 0.1) is 19.2 Å². The average molecular weight is 370 g/mol. The molecule has 0 atom stereocenters. The topological polar surface area (TPSA) is 85.6 Å². The van der Waals surface area contributed by atoms with E-state index in [1.54, 1.807) is 28.7 Å². The van der Waals surface area contributed by atoms with E-state index in [0.29, 0.717) is 35.4 Å². The monoisotopic (exact) mass is 370 g/mol. The van der Waals surface area contributed by atoms with Crippen LogP contribution in [0.5, 0.6) is 5.75 Å². The average Bonchev–Trinajstić information content (AvgIpc) is 3.14. The number of benzene rings is 1. The lowest BCUT2D eigenvalue weighted by Gasteiger charge is -2.11. The third-order valence-corrected chi connectivity index (χ3v) is 4.27. The maximum Gasteiger partial charge on any atom is 0.217 e. The number of Topliss-reactive ketones (excluding diaryl/α,β-unsaturated/α-hetero) is 1. The number of pyridine rings is 1. The van der Waals surface area contributed by atoms with Gasteiger partial charge in [-0.15, -0.1) is 10.2 Å². The number of ether oxygens (including phenoxy) is 1. The Bertz CT molecular complexity index is 1000. The summed E-state index contributed by atoms with van der Waals surface area (Å²) in [6.07, 6.45) is 2.44. The van der Waals surface area contributed by atoms with Crippen molar-refractivity contribution >= 4 is 17.3 Å². The summed E-state index contributed by atoms with van der Waals surface area (Å²) in [5, 5.41) is 10.4. The molecule has 3 rings (SSSR count). The Morgan fingerprint density at radius 3 is 2.78 bits per heavy atom. The zero-order valence-electron chi connectivity index (χ0n) is 15.0. The number of rotatable bonds is 7. The van der Waals surface area contributed by atoms with Crippen LogP contribution < -0.4 is 10.1 Å². The van der Waals surface area contributed by atoms with E-state index >= 15 is 0 Å². The molecule has 0 aliphatic carbocycles. The summed E-state index contributed by atoms with van der Waals surface area (Å²) in [4.78, 5) is 23.3. The van der Waals surface area contributed by atoms with Gasteiger partial charge in [-0.1, -0.05) is 6.07 Å². The number of methoxy groups -OCH3 is 1. The number of hydrogen-bond acceptors (Lipinski definition) is 5. The SMILES string of the molecule is COc1cccc(F)c1CCc1ccc(C(=O)CNC(C)=O)c2nncn12. The van der Waals surface area contributed by atoms with Crippen molar-refractivity contribution in [3.05, 3.63) is 59.3 Å². The molecule has 0 saturated heterocycles. The van der Waals surface area contributed by atoms with E-state index in [9.17, 15) is 14.0 Å². The Balaban J connectivity index is 1.85. The quantitative estimate of drug-likeness (QED) is 0.643. The lowest BCUT2D eigenvalue weighted by molar-refractivity contribution is -0.118. The Morgan fingerprint density at radius 1 is 1.22 bits per heavy atom. The van der Waals surface area contributed by atoms with Gasteiger partial charge in [0, 0.05) is 18.2 Å². The maximum atomic E-state index is 14.1. The summed E-state index contributed by atoms with van der Waals surface area (Å²) in [7, 11) is 1.51. The van der Waals surface area contributed by atoms with Crippen LogP contribution in [0.4, 0.5) is 4.39 Å². The van der Waals surface area contributed by atoms with E-state index < -0.39 is 0 Å². The molecule has 1 amide bonds. The van der Waals surface area contributed by atoms with Gasteiger partial charge in [0.25, 0.3) is 0 Å². The molecule has 3 aromatic rings. The van der Waals surface area contributed by atoms with Crippen LogP contribution in [0.1, 0.15) is 28.5 Å². The number of fused-ring (bicyclic) bond motifs is 1. The molecule has 0 bridgehead atoms. The van der Waals surface area contributed by atoms with Gasteiger partial charge in [-0.25, -0.2) is 4.39 Å². The fourth-order valence-electron chi connectivity index (χ4n) is 2.91. The van der Waals surface area contributed by atoms with Gasteiger partial charge in [-0.2, -0.15) is 0 Å². The number of ketones is 1. The van der Waals surface area contributed by atoms with Gasteiger partial charge in [0.15, 0.2) is 11.4 Å². The number of halogens is 1. The molecule has 2 heterocycles. The number of carbonyl (C=O) groups is 2. The fourth-order valence-corrected chi connectivity index (χ4v) is 2.91. The number of nitrogens with one attached hydrogen (secondary N) is 1. The smallest absolute Gasteiger partial charge is 0.217 e. The second-order valence-electron chi connectivity index (χ2n) is 6.02. The molecule has 8 heteroatoms. The van der Waals surface area contributed by atoms with Crippen molar-refractivity contribution in [3.8, 4) is 5.75 Å². The minimum atomic E-state index is -0.323. The molecule has 2 aromatic heterocycles. The van der Waals surface area contributed by atoms with Crippen molar-refractivity contribution in [2.45, 2.75) is 19.8 Å². The van der Waals surface area contributed by atoms with E-state index in [4.69, 9.17) is 4.74 Å². The summed E-state index contributed by atoms with van der Waals surface area (Å²) in [6.45, 7) is 1.24. The first-order chi connectivity index (χ1) is 13.0. The second-order valence-corrected chi connectivity index (χ2v) is 6.02. The summed E-state index contributed by atoms with van der Waals surface area (Å²) in [5.41, 5.74) is 2.10. The number of amides is 1. The van der Waals surface area contributed by atoms with Gasteiger partial charge in [-0.3, -0.25) is 14.0 Å². The van der Waals surface area contributed by atoms with Crippen molar-refractivity contribution in [2.24, 2.45) is 0 Å². The molecule has 140 valence electrons. The Kier molecular flexibility index (Phi) is 5.44. The zero-order valence-corrected chi connectivity index (χ0v) is 15.0. The molecule has 0 unspecified atom stereocenters. The lowest BCUT2D eigenvalue weighted by atomic mass is 10.0. The molecule has 27 heavy (non-hydrogen) atoms. The summed E-state index contributed by atoms with van der Waals surface area (Å²) < 4.78 is 21.1. The first-order valence-corrected chi connectivity index (χ1v) is 8.42. The Morgan fingerprint density at radius 2 is 2.04 bits per heavy atom. The van der Waals surface area contributed by atoms with Gasteiger partial charge in [0.1, 0.15) is 17.9 Å². The highest BCUT2D eigenvalue weighted by Crippen LogP contribution is 2.23. The van der Waals surface area contributed by atoms with Gasteiger partial charge < -0.3 is 10.1 Å². The van der Waals surface area contributed by atoms with Crippen LogP contribution in [-0.4, -0.2) is 39.9 Å².